The molecular formula is C13H23N3O. The highest BCUT2D eigenvalue weighted by Gasteiger charge is 2.51. The van der Waals surface area contributed by atoms with Crippen molar-refractivity contribution < 1.29 is 4.79 Å². The molecule has 1 aliphatic carbocycles. The van der Waals surface area contributed by atoms with Gasteiger partial charge in [-0.2, -0.15) is 0 Å². The number of hydrogen-bond acceptors (Lipinski definition) is 3. The minimum atomic E-state index is -0.0322. The summed E-state index contributed by atoms with van der Waals surface area (Å²) in [6.45, 7) is 5.11. The van der Waals surface area contributed by atoms with Crippen LogP contribution in [0.2, 0.25) is 0 Å². The Hall–Kier alpha value is -0.610. The number of hydrogen-bond donors (Lipinski definition) is 1. The van der Waals surface area contributed by atoms with Crippen LogP contribution in [0.4, 0.5) is 0 Å². The van der Waals surface area contributed by atoms with Gasteiger partial charge in [-0.3, -0.25) is 9.69 Å². The van der Waals surface area contributed by atoms with Gasteiger partial charge in [-0.15, -0.1) is 0 Å². The van der Waals surface area contributed by atoms with Crippen molar-refractivity contribution >= 4 is 5.91 Å². The molecule has 3 fully saturated rings. The Morgan fingerprint density at radius 1 is 1.35 bits per heavy atom. The van der Waals surface area contributed by atoms with Gasteiger partial charge in [0, 0.05) is 32.2 Å². The van der Waals surface area contributed by atoms with Crippen LogP contribution in [0.3, 0.4) is 0 Å². The molecule has 1 unspecified atom stereocenters. The second kappa shape index (κ2) is 4.25. The van der Waals surface area contributed by atoms with E-state index in [0.29, 0.717) is 11.9 Å². The number of amides is 1. The largest absolute Gasteiger partial charge is 0.339 e. The molecule has 1 atom stereocenters. The molecule has 0 bridgehead atoms. The standard InChI is InChI=1S/C13H23N3O/c1-14-10-13(4-5-13)12(17)16-8-7-15-6-2-3-11(15)9-16/h11,14H,2-10H2,1H3. The average Bonchev–Trinajstić information content (AvgIpc) is 2.97. The summed E-state index contributed by atoms with van der Waals surface area (Å²) in [5.41, 5.74) is -0.0322. The molecule has 4 heteroatoms. The van der Waals surface area contributed by atoms with Crippen LogP contribution in [0.15, 0.2) is 0 Å². The highest BCUT2D eigenvalue weighted by atomic mass is 16.2. The molecule has 2 heterocycles. The van der Waals surface area contributed by atoms with Crippen LogP contribution >= 0.6 is 0 Å². The maximum atomic E-state index is 12.5. The lowest BCUT2D eigenvalue weighted by Gasteiger charge is -2.39. The normalized spacial score (nSPS) is 31.4. The van der Waals surface area contributed by atoms with Gasteiger partial charge >= 0.3 is 0 Å². The number of piperazine rings is 1. The third-order valence-electron chi connectivity index (χ3n) is 4.70. The lowest BCUT2D eigenvalue weighted by atomic mass is 10.0. The van der Waals surface area contributed by atoms with E-state index in [2.05, 4.69) is 15.1 Å². The molecule has 0 aromatic heterocycles. The Morgan fingerprint density at radius 2 is 2.18 bits per heavy atom. The summed E-state index contributed by atoms with van der Waals surface area (Å²) >= 11 is 0. The molecule has 3 rings (SSSR count). The van der Waals surface area contributed by atoms with E-state index in [-0.39, 0.29) is 5.41 Å². The van der Waals surface area contributed by atoms with Crippen molar-refractivity contribution in [3.05, 3.63) is 0 Å². The molecule has 96 valence electrons. The van der Waals surface area contributed by atoms with E-state index in [1.54, 1.807) is 0 Å². The van der Waals surface area contributed by atoms with E-state index in [1.165, 1.54) is 19.4 Å². The van der Waals surface area contributed by atoms with Crippen molar-refractivity contribution in [1.82, 2.24) is 15.1 Å². The fraction of sp³-hybridized carbons (Fsp3) is 0.923. The van der Waals surface area contributed by atoms with Gasteiger partial charge in [0.2, 0.25) is 5.91 Å². The zero-order valence-electron chi connectivity index (χ0n) is 10.7. The minimum absolute atomic E-state index is 0.0322. The first kappa shape index (κ1) is 11.5. The first-order valence-corrected chi connectivity index (χ1v) is 6.93. The number of nitrogens with zero attached hydrogens (tertiary/aromatic N) is 2. The van der Waals surface area contributed by atoms with Crippen molar-refractivity contribution in [2.75, 3.05) is 39.8 Å². The lowest BCUT2D eigenvalue weighted by Crippen LogP contribution is -2.54. The summed E-state index contributed by atoms with van der Waals surface area (Å²) in [5.74, 6) is 0.415. The van der Waals surface area contributed by atoms with Crippen LogP contribution in [-0.2, 0) is 4.79 Å². The molecule has 2 aliphatic heterocycles. The zero-order valence-corrected chi connectivity index (χ0v) is 10.7. The topological polar surface area (TPSA) is 35.6 Å². The molecule has 17 heavy (non-hydrogen) atoms. The van der Waals surface area contributed by atoms with Gasteiger partial charge in [-0.25, -0.2) is 0 Å². The maximum Gasteiger partial charge on any atom is 0.230 e. The number of carbonyl (C=O) groups is 1. The summed E-state index contributed by atoms with van der Waals surface area (Å²) < 4.78 is 0. The van der Waals surface area contributed by atoms with Gasteiger partial charge in [0.05, 0.1) is 5.41 Å². The second-order valence-electron chi connectivity index (χ2n) is 5.89. The van der Waals surface area contributed by atoms with Gasteiger partial charge in [-0.05, 0) is 39.3 Å². The highest BCUT2D eigenvalue weighted by Crippen LogP contribution is 2.47. The van der Waals surface area contributed by atoms with E-state index in [4.69, 9.17) is 0 Å². The van der Waals surface area contributed by atoms with E-state index in [0.717, 1.165) is 39.0 Å². The summed E-state index contributed by atoms with van der Waals surface area (Å²) in [5, 5.41) is 3.18. The summed E-state index contributed by atoms with van der Waals surface area (Å²) in [6, 6.07) is 0.651. The fourth-order valence-electron chi connectivity index (χ4n) is 3.47. The monoisotopic (exact) mass is 237 g/mol. The van der Waals surface area contributed by atoms with E-state index in [1.807, 2.05) is 7.05 Å². The van der Waals surface area contributed by atoms with E-state index in [9.17, 15) is 4.79 Å². The third-order valence-corrected chi connectivity index (χ3v) is 4.70. The molecule has 0 spiro atoms. The van der Waals surface area contributed by atoms with Crippen LogP contribution in [-0.4, -0.2) is 61.5 Å². The molecule has 2 saturated heterocycles. The number of rotatable bonds is 3. The Morgan fingerprint density at radius 3 is 2.88 bits per heavy atom. The van der Waals surface area contributed by atoms with Crippen LogP contribution in [0, 0.1) is 5.41 Å². The molecule has 4 nitrogen and oxygen atoms in total. The van der Waals surface area contributed by atoms with E-state index >= 15 is 0 Å². The Balaban J connectivity index is 1.63. The van der Waals surface area contributed by atoms with Crippen molar-refractivity contribution in [2.45, 2.75) is 31.7 Å². The average molecular weight is 237 g/mol. The smallest absolute Gasteiger partial charge is 0.230 e. The molecule has 0 radical (unpaired) electrons. The van der Waals surface area contributed by atoms with Gasteiger partial charge in [0.25, 0.3) is 0 Å². The van der Waals surface area contributed by atoms with Crippen LogP contribution in [0.1, 0.15) is 25.7 Å². The minimum Gasteiger partial charge on any atom is -0.339 e. The molecule has 1 amide bonds. The number of nitrogens with one attached hydrogen (secondary N) is 1. The third kappa shape index (κ3) is 1.97. The Bertz CT molecular complexity index is 314. The van der Waals surface area contributed by atoms with Crippen LogP contribution in [0.25, 0.3) is 0 Å². The van der Waals surface area contributed by atoms with Crippen LogP contribution in [0.5, 0.6) is 0 Å². The van der Waals surface area contributed by atoms with Gasteiger partial charge < -0.3 is 10.2 Å². The van der Waals surface area contributed by atoms with E-state index < -0.39 is 0 Å². The van der Waals surface area contributed by atoms with Crippen molar-refractivity contribution in [1.29, 1.82) is 0 Å². The molecule has 1 N–H and O–H groups in total. The van der Waals surface area contributed by atoms with Crippen LogP contribution < -0.4 is 5.32 Å². The van der Waals surface area contributed by atoms with Gasteiger partial charge in [-0.1, -0.05) is 0 Å². The molecule has 0 aromatic rings. The molecule has 1 saturated carbocycles. The van der Waals surface area contributed by atoms with Crippen molar-refractivity contribution in [2.24, 2.45) is 5.41 Å². The molecule has 3 aliphatic rings. The summed E-state index contributed by atoms with van der Waals surface area (Å²) in [6.07, 6.45) is 4.76. The molecular weight excluding hydrogens is 214 g/mol. The quantitative estimate of drug-likeness (QED) is 0.766. The predicted octanol–water partition coefficient (Wildman–Crippen LogP) is 0.293. The van der Waals surface area contributed by atoms with Gasteiger partial charge in [0.1, 0.15) is 0 Å². The highest BCUT2D eigenvalue weighted by molar-refractivity contribution is 5.85. The van der Waals surface area contributed by atoms with Crippen molar-refractivity contribution in [3.63, 3.8) is 0 Å². The lowest BCUT2D eigenvalue weighted by molar-refractivity contribution is -0.139. The maximum absolute atomic E-state index is 12.5. The Labute approximate surface area is 103 Å². The first-order valence-electron chi connectivity index (χ1n) is 6.93. The van der Waals surface area contributed by atoms with Crippen molar-refractivity contribution in [3.8, 4) is 0 Å². The van der Waals surface area contributed by atoms with Gasteiger partial charge in [0.15, 0.2) is 0 Å². The number of carbonyl (C=O) groups excluding carboxylic acids is 1. The fourth-order valence-corrected chi connectivity index (χ4v) is 3.47. The Kier molecular flexibility index (Phi) is 2.87. The molecule has 0 aromatic carbocycles. The SMILES string of the molecule is CNCC1(C(=O)N2CCN3CCCC3C2)CC1. The number of fused-ring (bicyclic) bond motifs is 1. The zero-order chi connectivity index (χ0) is 11.9. The first-order chi connectivity index (χ1) is 8.25. The summed E-state index contributed by atoms with van der Waals surface area (Å²) in [4.78, 5) is 17.2. The summed E-state index contributed by atoms with van der Waals surface area (Å²) in [7, 11) is 1.95. The second-order valence-corrected chi connectivity index (χ2v) is 5.89. The predicted molar refractivity (Wildman–Crippen MR) is 66.8 cm³/mol.